The van der Waals surface area contributed by atoms with Crippen LogP contribution in [0.5, 0.6) is 0 Å². The molecule has 1 saturated heterocycles. The number of hydrogen-bond acceptors (Lipinski definition) is 4. The van der Waals surface area contributed by atoms with Gasteiger partial charge in [-0.2, -0.15) is 0 Å². The average Bonchev–Trinajstić information content (AvgIpc) is 3.37. The Morgan fingerprint density at radius 3 is 2.70 bits per heavy atom. The van der Waals surface area contributed by atoms with Crippen LogP contribution in [0.4, 0.5) is 5.82 Å². The standard InChI is InChI=1S/C20H22ClN3O3/c1-12-9-18(23-27-12)22-19(25)13-5-7-24(8-6-13)20(26)17-11-16(17)14-3-2-4-15(21)10-14/h2-4,9-10,13,16-17H,5-8,11H2,1H3,(H,22,23,25). The number of hydrogen-bond donors (Lipinski definition) is 1. The molecule has 2 heterocycles. The zero-order chi connectivity index (χ0) is 19.0. The van der Waals surface area contributed by atoms with E-state index in [2.05, 4.69) is 10.5 Å². The van der Waals surface area contributed by atoms with Crippen molar-refractivity contribution in [1.29, 1.82) is 0 Å². The van der Waals surface area contributed by atoms with Crippen molar-refractivity contribution in [2.45, 2.75) is 32.1 Å². The molecular weight excluding hydrogens is 366 g/mol. The number of benzene rings is 1. The van der Waals surface area contributed by atoms with E-state index in [1.807, 2.05) is 29.2 Å². The summed E-state index contributed by atoms with van der Waals surface area (Å²) in [5.41, 5.74) is 1.14. The van der Waals surface area contributed by atoms with E-state index in [4.69, 9.17) is 16.1 Å². The lowest BCUT2D eigenvalue weighted by Gasteiger charge is -2.31. The van der Waals surface area contributed by atoms with Crippen LogP contribution in [-0.4, -0.2) is 35.0 Å². The third-order valence-corrected chi connectivity index (χ3v) is 5.68. The zero-order valence-corrected chi connectivity index (χ0v) is 15.9. The normalized spacial score (nSPS) is 22.5. The predicted octanol–water partition coefficient (Wildman–Crippen LogP) is 3.62. The number of amides is 2. The summed E-state index contributed by atoms with van der Waals surface area (Å²) >= 11 is 6.05. The molecule has 1 aromatic heterocycles. The van der Waals surface area contributed by atoms with E-state index in [-0.39, 0.29) is 29.6 Å². The van der Waals surface area contributed by atoms with Crippen molar-refractivity contribution in [2.24, 2.45) is 11.8 Å². The lowest BCUT2D eigenvalue weighted by Crippen LogP contribution is -2.42. The molecule has 2 fully saturated rings. The van der Waals surface area contributed by atoms with Gasteiger partial charge in [-0.25, -0.2) is 0 Å². The number of anilines is 1. The molecule has 1 aromatic carbocycles. The van der Waals surface area contributed by atoms with Crippen LogP contribution in [0.25, 0.3) is 0 Å². The molecule has 0 spiro atoms. The van der Waals surface area contributed by atoms with E-state index in [0.29, 0.717) is 42.5 Å². The van der Waals surface area contributed by atoms with E-state index in [0.717, 1.165) is 12.0 Å². The van der Waals surface area contributed by atoms with E-state index >= 15 is 0 Å². The summed E-state index contributed by atoms with van der Waals surface area (Å²) in [5.74, 6) is 1.46. The molecule has 2 amide bonds. The van der Waals surface area contributed by atoms with Crippen molar-refractivity contribution in [3.05, 3.63) is 46.7 Å². The highest BCUT2D eigenvalue weighted by atomic mass is 35.5. The van der Waals surface area contributed by atoms with Crippen LogP contribution in [0.15, 0.2) is 34.9 Å². The predicted molar refractivity (Wildman–Crippen MR) is 101 cm³/mol. The minimum Gasteiger partial charge on any atom is -0.360 e. The summed E-state index contributed by atoms with van der Waals surface area (Å²) < 4.78 is 4.96. The Labute approximate surface area is 162 Å². The van der Waals surface area contributed by atoms with Gasteiger partial charge in [-0.3, -0.25) is 9.59 Å². The van der Waals surface area contributed by atoms with Gasteiger partial charge in [-0.15, -0.1) is 0 Å². The number of carbonyl (C=O) groups is 2. The van der Waals surface area contributed by atoms with Gasteiger partial charge in [-0.1, -0.05) is 28.9 Å². The van der Waals surface area contributed by atoms with Gasteiger partial charge in [0, 0.05) is 36.0 Å². The van der Waals surface area contributed by atoms with Crippen LogP contribution in [0.2, 0.25) is 5.02 Å². The third-order valence-electron chi connectivity index (χ3n) is 5.44. The minimum atomic E-state index is -0.103. The molecular formula is C20H22ClN3O3. The maximum Gasteiger partial charge on any atom is 0.228 e. The Bertz CT molecular complexity index is 858. The molecule has 1 saturated carbocycles. The number of aromatic nitrogens is 1. The monoisotopic (exact) mass is 387 g/mol. The van der Waals surface area contributed by atoms with Gasteiger partial charge in [0.05, 0.1) is 0 Å². The molecule has 0 bridgehead atoms. The van der Waals surface area contributed by atoms with E-state index < -0.39 is 0 Å². The van der Waals surface area contributed by atoms with Crippen molar-refractivity contribution < 1.29 is 14.1 Å². The molecule has 4 rings (SSSR count). The molecule has 142 valence electrons. The van der Waals surface area contributed by atoms with Gasteiger partial charge in [0.25, 0.3) is 0 Å². The molecule has 2 atom stereocenters. The third kappa shape index (κ3) is 4.00. The maximum atomic E-state index is 12.8. The van der Waals surface area contributed by atoms with Crippen molar-refractivity contribution in [1.82, 2.24) is 10.1 Å². The van der Waals surface area contributed by atoms with Crippen molar-refractivity contribution in [3.63, 3.8) is 0 Å². The van der Waals surface area contributed by atoms with E-state index in [1.54, 1.807) is 13.0 Å². The average molecular weight is 388 g/mol. The smallest absolute Gasteiger partial charge is 0.228 e. The molecule has 27 heavy (non-hydrogen) atoms. The SMILES string of the molecule is Cc1cc(NC(=O)C2CCN(C(=O)C3CC3c3cccc(Cl)c3)CC2)no1. The highest BCUT2D eigenvalue weighted by Gasteiger charge is 2.46. The Morgan fingerprint density at radius 1 is 1.26 bits per heavy atom. The number of carbonyl (C=O) groups excluding carboxylic acids is 2. The Hall–Kier alpha value is -2.34. The topological polar surface area (TPSA) is 75.4 Å². The summed E-state index contributed by atoms with van der Waals surface area (Å²) in [5, 5.41) is 7.28. The molecule has 1 N–H and O–H groups in total. The second-order valence-corrected chi connectivity index (χ2v) is 7.85. The molecule has 7 heteroatoms. The second-order valence-electron chi connectivity index (χ2n) is 7.42. The van der Waals surface area contributed by atoms with E-state index in [9.17, 15) is 9.59 Å². The lowest BCUT2D eigenvalue weighted by molar-refractivity contribution is -0.135. The van der Waals surface area contributed by atoms with Crippen molar-refractivity contribution in [3.8, 4) is 0 Å². The first kappa shape index (κ1) is 18.0. The van der Waals surface area contributed by atoms with Crippen molar-refractivity contribution >= 4 is 29.2 Å². The number of nitrogens with zero attached hydrogens (tertiary/aromatic N) is 2. The first-order valence-corrected chi connectivity index (χ1v) is 9.67. The fraction of sp³-hybridized carbons (Fsp3) is 0.450. The van der Waals surface area contributed by atoms with Crippen LogP contribution in [0.1, 0.15) is 36.5 Å². The number of likely N-dealkylation sites (tertiary alicyclic amines) is 1. The highest BCUT2D eigenvalue weighted by molar-refractivity contribution is 6.30. The van der Waals surface area contributed by atoms with Gasteiger partial charge in [0.15, 0.2) is 5.82 Å². The van der Waals surface area contributed by atoms with Gasteiger partial charge < -0.3 is 14.7 Å². The number of halogens is 1. The number of rotatable bonds is 4. The quantitative estimate of drug-likeness (QED) is 0.869. The summed E-state index contributed by atoms with van der Waals surface area (Å²) in [6.07, 6.45) is 2.22. The second kappa shape index (κ2) is 7.35. The first-order valence-electron chi connectivity index (χ1n) is 9.29. The number of nitrogens with one attached hydrogen (secondary N) is 1. The highest BCUT2D eigenvalue weighted by Crippen LogP contribution is 2.49. The van der Waals surface area contributed by atoms with Crippen LogP contribution in [0, 0.1) is 18.8 Å². The van der Waals surface area contributed by atoms with Gasteiger partial charge >= 0.3 is 0 Å². The molecule has 2 aromatic rings. The summed E-state index contributed by atoms with van der Waals surface area (Å²) in [6.45, 7) is 3.02. The van der Waals surface area contributed by atoms with Crippen LogP contribution >= 0.6 is 11.6 Å². The summed E-state index contributed by atoms with van der Waals surface area (Å²) in [7, 11) is 0. The largest absolute Gasteiger partial charge is 0.360 e. The summed E-state index contributed by atoms with van der Waals surface area (Å²) in [4.78, 5) is 27.0. The van der Waals surface area contributed by atoms with Gasteiger partial charge in [0.2, 0.25) is 11.8 Å². The zero-order valence-electron chi connectivity index (χ0n) is 15.2. The molecule has 2 aliphatic rings. The lowest BCUT2D eigenvalue weighted by atomic mass is 9.95. The Morgan fingerprint density at radius 2 is 2.04 bits per heavy atom. The number of piperidine rings is 1. The Balaban J connectivity index is 1.28. The maximum absolute atomic E-state index is 12.8. The van der Waals surface area contributed by atoms with Crippen molar-refractivity contribution in [2.75, 3.05) is 18.4 Å². The van der Waals surface area contributed by atoms with Gasteiger partial charge in [0.1, 0.15) is 5.76 Å². The van der Waals surface area contributed by atoms with Crippen LogP contribution in [0.3, 0.4) is 0 Å². The van der Waals surface area contributed by atoms with E-state index in [1.165, 1.54) is 0 Å². The molecule has 1 aliphatic heterocycles. The van der Waals surface area contributed by atoms with Crippen LogP contribution in [-0.2, 0) is 9.59 Å². The fourth-order valence-electron chi connectivity index (χ4n) is 3.82. The Kier molecular flexibility index (Phi) is 4.91. The molecule has 2 unspecified atom stereocenters. The summed E-state index contributed by atoms with van der Waals surface area (Å²) in [6, 6.07) is 9.45. The van der Waals surface area contributed by atoms with Crippen LogP contribution < -0.4 is 5.32 Å². The number of aryl methyl sites for hydroxylation is 1. The fourth-order valence-corrected chi connectivity index (χ4v) is 4.02. The molecule has 6 nitrogen and oxygen atoms in total. The first-order chi connectivity index (χ1) is 13.0. The van der Waals surface area contributed by atoms with Gasteiger partial charge in [-0.05, 0) is 49.8 Å². The molecule has 0 radical (unpaired) electrons. The molecule has 1 aliphatic carbocycles. The minimum absolute atomic E-state index is 0.0481.